The Morgan fingerprint density at radius 1 is 1.21 bits per heavy atom. The lowest BCUT2D eigenvalue weighted by Gasteiger charge is -2.13. The Labute approximate surface area is 110 Å². The van der Waals surface area contributed by atoms with Gasteiger partial charge >= 0.3 is 5.97 Å². The number of amides is 2. The molecule has 0 spiro atoms. The highest BCUT2D eigenvalue weighted by molar-refractivity contribution is 5.97. The van der Waals surface area contributed by atoms with Gasteiger partial charge < -0.3 is 16.2 Å². The van der Waals surface area contributed by atoms with Crippen molar-refractivity contribution in [2.75, 3.05) is 0 Å². The summed E-state index contributed by atoms with van der Waals surface area (Å²) >= 11 is 0. The van der Waals surface area contributed by atoms with Crippen LogP contribution < -0.4 is 11.1 Å². The Kier molecular flexibility index (Phi) is 4.63. The van der Waals surface area contributed by atoms with Gasteiger partial charge in [-0.1, -0.05) is 17.2 Å². The van der Waals surface area contributed by atoms with Crippen molar-refractivity contribution in [3.63, 3.8) is 0 Å². The molecule has 0 aliphatic rings. The topological polar surface area (TPSA) is 109 Å². The fraction of sp³-hybridized carbons (Fsp3) is 0.308. The zero-order valence-electron chi connectivity index (χ0n) is 10.8. The number of carbonyl (C=O) groups is 3. The Bertz CT molecular complexity index is 505. The molecule has 0 aromatic heterocycles. The summed E-state index contributed by atoms with van der Waals surface area (Å²) in [5.74, 6) is -2.62. The van der Waals surface area contributed by atoms with E-state index >= 15 is 0 Å². The molecule has 0 aliphatic carbocycles. The second-order valence-corrected chi connectivity index (χ2v) is 4.41. The molecule has 1 rings (SSSR count). The van der Waals surface area contributed by atoms with Crippen molar-refractivity contribution in [3.8, 4) is 0 Å². The van der Waals surface area contributed by atoms with Crippen molar-refractivity contribution in [2.24, 2.45) is 5.73 Å². The van der Waals surface area contributed by atoms with E-state index in [-0.39, 0.29) is 0 Å². The maximum Gasteiger partial charge on any atom is 0.326 e. The monoisotopic (exact) mass is 264 g/mol. The molecule has 0 bridgehead atoms. The van der Waals surface area contributed by atoms with Crippen LogP contribution in [0.2, 0.25) is 0 Å². The Morgan fingerprint density at radius 2 is 1.74 bits per heavy atom. The van der Waals surface area contributed by atoms with Crippen molar-refractivity contribution in [2.45, 2.75) is 26.3 Å². The summed E-state index contributed by atoms with van der Waals surface area (Å²) in [4.78, 5) is 33.6. The van der Waals surface area contributed by atoms with E-state index in [1.54, 1.807) is 12.1 Å². The average molecular weight is 264 g/mol. The third-order valence-corrected chi connectivity index (χ3v) is 2.49. The first-order chi connectivity index (χ1) is 8.79. The summed E-state index contributed by atoms with van der Waals surface area (Å²) in [7, 11) is 0. The number of nitrogens with two attached hydrogens (primary N) is 1. The molecule has 6 heteroatoms. The molecule has 0 heterocycles. The van der Waals surface area contributed by atoms with Crippen LogP contribution >= 0.6 is 0 Å². The second-order valence-electron chi connectivity index (χ2n) is 4.41. The number of aliphatic carboxylic acids is 1. The normalized spacial score (nSPS) is 11.7. The van der Waals surface area contributed by atoms with Gasteiger partial charge in [0.2, 0.25) is 5.91 Å². The van der Waals surface area contributed by atoms with E-state index in [2.05, 4.69) is 5.32 Å². The van der Waals surface area contributed by atoms with Gasteiger partial charge in [0.25, 0.3) is 5.91 Å². The predicted molar refractivity (Wildman–Crippen MR) is 68.6 cm³/mol. The fourth-order valence-electron chi connectivity index (χ4n) is 1.75. The van der Waals surface area contributed by atoms with Crippen LogP contribution in [0.1, 0.15) is 27.9 Å². The van der Waals surface area contributed by atoms with E-state index in [1.807, 2.05) is 19.9 Å². The van der Waals surface area contributed by atoms with Gasteiger partial charge in [0.05, 0.1) is 6.42 Å². The van der Waals surface area contributed by atoms with E-state index in [1.165, 1.54) is 0 Å². The van der Waals surface area contributed by atoms with Gasteiger partial charge in [-0.2, -0.15) is 0 Å². The molecule has 0 saturated heterocycles. The maximum atomic E-state index is 11.9. The van der Waals surface area contributed by atoms with Crippen LogP contribution in [0.4, 0.5) is 0 Å². The van der Waals surface area contributed by atoms with Gasteiger partial charge in [-0.25, -0.2) is 4.79 Å². The van der Waals surface area contributed by atoms with Gasteiger partial charge in [0.1, 0.15) is 6.04 Å². The number of carboxylic acids is 1. The summed E-state index contributed by atoms with van der Waals surface area (Å²) < 4.78 is 0. The SMILES string of the molecule is Cc1cc(C)cc(C(=O)N[C@H](CC(N)=O)C(=O)O)c1. The van der Waals surface area contributed by atoms with E-state index < -0.39 is 30.2 Å². The lowest BCUT2D eigenvalue weighted by molar-refractivity contribution is -0.140. The van der Waals surface area contributed by atoms with Crippen LogP contribution in [-0.4, -0.2) is 28.9 Å². The molecular formula is C13H16N2O4. The molecule has 2 amide bonds. The lowest BCUT2D eigenvalue weighted by atomic mass is 10.1. The minimum atomic E-state index is -1.31. The first-order valence-electron chi connectivity index (χ1n) is 5.70. The van der Waals surface area contributed by atoms with E-state index in [4.69, 9.17) is 10.8 Å². The number of carboxylic acid groups (broad SMARTS) is 1. The van der Waals surface area contributed by atoms with Crippen LogP contribution in [0, 0.1) is 13.8 Å². The molecule has 0 fully saturated rings. The van der Waals surface area contributed by atoms with E-state index in [0.717, 1.165) is 11.1 Å². The summed E-state index contributed by atoms with van der Waals surface area (Å²) in [6.45, 7) is 3.67. The number of carbonyl (C=O) groups excluding carboxylic acids is 2. The maximum absolute atomic E-state index is 11.9. The minimum absolute atomic E-state index is 0.355. The quantitative estimate of drug-likeness (QED) is 0.713. The Hall–Kier alpha value is -2.37. The number of benzene rings is 1. The molecule has 19 heavy (non-hydrogen) atoms. The summed E-state index contributed by atoms with van der Waals surface area (Å²) in [5.41, 5.74) is 7.09. The van der Waals surface area contributed by atoms with Crippen molar-refractivity contribution in [1.29, 1.82) is 0 Å². The molecule has 0 aliphatic heterocycles. The second kappa shape index (κ2) is 5.99. The molecule has 102 valence electrons. The number of rotatable bonds is 5. The van der Waals surface area contributed by atoms with Gasteiger partial charge in [-0.3, -0.25) is 9.59 Å². The number of hydrogen-bond donors (Lipinski definition) is 3. The molecule has 1 aromatic rings. The van der Waals surface area contributed by atoms with Crippen LogP contribution in [-0.2, 0) is 9.59 Å². The number of hydrogen-bond acceptors (Lipinski definition) is 3. The lowest BCUT2D eigenvalue weighted by Crippen LogP contribution is -2.43. The first kappa shape index (κ1) is 14.7. The van der Waals surface area contributed by atoms with Crippen LogP contribution in [0.3, 0.4) is 0 Å². The van der Waals surface area contributed by atoms with Crippen molar-refractivity contribution in [1.82, 2.24) is 5.32 Å². The standard InChI is InChI=1S/C13H16N2O4/c1-7-3-8(2)5-9(4-7)12(17)15-10(13(18)19)6-11(14)16/h3-5,10H,6H2,1-2H3,(H2,14,16)(H,15,17)(H,18,19)/t10-/m1/s1. The van der Waals surface area contributed by atoms with Gasteiger partial charge in [-0.15, -0.1) is 0 Å². The molecule has 0 unspecified atom stereocenters. The molecule has 0 saturated carbocycles. The highest BCUT2D eigenvalue weighted by Crippen LogP contribution is 2.09. The van der Waals surface area contributed by atoms with Crippen molar-refractivity contribution < 1.29 is 19.5 Å². The Balaban J connectivity index is 2.87. The highest BCUT2D eigenvalue weighted by atomic mass is 16.4. The van der Waals surface area contributed by atoms with Gasteiger partial charge in [0, 0.05) is 5.56 Å². The molecule has 6 nitrogen and oxygen atoms in total. The first-order valence-corrected chi connectivity index (χ1v) is 5.70. The third kappa shape index (κ3) is 4.42. The number of aryl methyl sites for hydroxylation is 2. The average Bonchev–Trinajstić information content (AvgIpc) is 2.25. The molecular weight excluding hydrogens is 248 g/mol. The fourth-order valence-corrected chi connectivity index (χ4v) is 1.75. The largest absolute Gasteiger partial charge is 0.480 e. The zero-order chi connectivity index (χ0) is 14.6. The van der Waals surface area contributed by atoms with E-state index in [9.17, 15) is 14.4 Å². The molecule has 1 atom stereocenters. The minimum Gasteiger partial charge on any atom is -0.480 e. The van der Waals surface area contributed by atoms with Gasteiger partial charge in [0.15, 0.2) is 0 Å². The van der Waals surface area contributed by atoms with E-state index in [0.29, 0.717) is 5.56 Å². The highest BCUT2D eigenvalue weighted by Gasteiger charge is 2.22. The molecule has 1 aromatic carbocycles. The number of nitrogens with one attached hydrogen (secondary N) is 1. The third-order valence-electron chi connectivity index (χ3n) is 2.49. The summed E-state index contributed by atoms with van der Waals surface area (Å²) in [6.07, 6.45) is -0.439. The summed E-state index contributed by atoms with van der Waals surface area (Å²) in [6, 6.07) is 3.87. The Morgan fingerprint density at radius 3 is 2.16 bits per heavy atom. The van der Waals surface area contributed by atoms with Crippen molar-refractivity contribution in [3.05, 3.63) is 34.9 Å². The number of primary amides is 1. The van der Waals surface area contributed by atoms with Crippen LogP contribution in [0.15, 0.2) is 18.2 Å². The predicted octanol–water partition coefficient (Wildman–Crippen LogP) is 0.362. The zero-order valence-corrected chi connectivity index (χ0v) is 10.8. The molecule has 0 radical (unpaired) electrons. The smallest absolute Gasteiger partial charge is 0.326 e. The summed E-state index contributed by atoms with van der Waals surface area (Å²) in [5, 5.41) is 11.2. The van der Waals surface area contributed by atoms with Gasteiger partial charge in [-0.05, 0) is 26.0 Å². The van der Waals surface area contributed by atoms with Crippen LogP contribution in [0.25, 0.3) is 0 Å². The van der Waals surface area contributed by atoms with Crippen molar-refractivity contribution >= 4 is 17.8 Å². The molecule has 4 N–H and O–H groups in total. The van der Waals surface area contributed by atoms with Crippen LogP contribution in [0.5, 0.6) is 0 Å².